The van der Waals surface area contributed by atoms with Crippen LogP contribution >= 0.6 is 0 Å². The molecule has 3 heterocycles. The molecule has 7 nitrogen and oxygen atoms in total. The summed E-state index contributed by atoms with van der Waals surface area (Å²) in [6, 6.07) is 7.45. The first-order chi connectivity index (χ1) is 17.1. The number of benzene rings is 1. The van der Waals surface area contributed by atoms with Crippen LogP contribution in [0.4, 0.5) is 4.79 Å². The van der Waals surface area contributed by atoms with E-state index in [0.29, 0.717) is 24.4 Å². The van der Waals surface area contributed by atoms with E-state index in [0.717, 1.165) is 49.1 Å². The fraction of sp³-hybridized carbons (Fsp3) is 0.607. The van der Waals surface area contributed by atoms with Crippen LogP contribution < -0.4 is 10.1 Å². The maximum Gasteiger partial charge on any atom is 0.407 e. The molecule has 0 bridgehead atoms. The predicted octanol–water partition coefficient (Wildman–Crippen LogP) is 5.22. The van der Waals surface area contributed by atoms with Crippen molar-refractivity contribution >= 4 is 22.8 Å². The van der Waals surface area contributed by atoms with Crippen LogP contribution in [0.15, 0.2) is 30.5 Å². The molecule has 7 heteroatoms. The topological polar surface area (TPSA) is 80.8 Å². The third-order valence-electron chi connectivity index (χ3n) is 7.64. The van der Waals surface area contributed by atoms with Gasteiger partial charge in [-0.2, -0.15) is 0 Å². The summed E-state index contributed by atoms with van der Waals surface area (Å²) in [7, 11) is 1.63. The van der Waals surface area contributed by atoms with Crippen LogP contribution in [0.2, 0.25) is 0 Å². The molecule has 1 aromatic carbocycles. The summed E-state index contributed by atoms with van der Waals surface area (Å²) in [5, 5.41) is 3.66. The van der Waals surface area contributed by atoms with Gasteiger partial charge in [0.05, 0.1) is 19.2 Å². The molecule has 1 amide bonds. The molecule has 0 aliphatic carbocycles. The average molecular weight is 482 g/mol. The lowest BCUT2D eigenvalue weighted by atomic mass is 9.78. The number of alkyl carbamates (subject to hydrolysis) is 1. The quantitative estimate of drug-likeness (QED) is 0.331. The number of unbranched alkanes of at least 4 members (excludes halogenated alkanes) is 4. The first kappa shape index (κ1) is 25.4. The number of amides is 1. The molecular formula is C28H39N3O4. The highest BCUT2D eigenvalue weighted by molar-refractivity contribution is 6.07. The third-order valence-corrected chi connectivity index (χ3v) is 7.64. The highest BCUT2D eigenvalue weighted by Crippen LogP contribution is 2.34. The van der Waals surface area contributed by atoms with E-state index in [1.165, 1.54) is 32.1 Å². The first-order valence-electron chi connectivity index (χ1n) is 13.2. The Bertz CT molecular complexity index is 1010. The van der Waals surface area contributed by atoms with Crippen molar-refractivity contribution in [3.63, 3.8) is 0 Å². The van der Waals surface area contributed by atoms with Crippen molar-refractivity contribution in [2.75, 3.05) is 33.3 Å². The number of carbonyl (C=O) groups excluding carboxylic acids is 2. The van der Waals surface area contributed by atoms with Crippen molar-refractivity contribution in [1.82, 2.24) is 15.2 Å². The highest BCUT2D eigenvalue weighted by atomic mass is 16.6. The van der Waals surface area contributed by atoms with Crippen LogP contribution in [-0.4, -0.2) is 61.2 Å². The molecule has 2 aromatic rings. The van der Waals surface area contributed by atoms with Gasteiger partial charge >= 0.3 is 6.09 Å². The maximum atomic E-state index is 13.3. The number of nitrogens with zero attached hydrogens (tertiary/aromatic N) is 2. The zero-order valence-corrected chi connectivity index (χ0v) is 21.1. The second kappa shape index (κ2) is 12.3. The summed E-state index contributed by atoms with van der Waals surface area (Å²) in [6.07, 6.45) is 9.94. The van der Waals surface area contributed by atoms with E-state index in [-0.39, 0.29) is 23.9 Å². The third kappa shape index (κ3) is 6.51. The Labute approximate surface area is 208 Å². The lowest BCUT2D eigenvalue weighted by Gasteiger charge is -2.40. The van der Waals surface area contributed by atoms with Crippen molar-refractivity contribution in [1.29, 1.82) is 0 Å². The Kier molecular flexibility index (Phi) is 8.96. The van der Waals surface area contributed by atoms with E-state index in [2.05, 4.69) is 22.1 Å². The van der Waals surface area contributed by atoms with Gasteiger partial charge in [-0.1, -0.05) is 32.6 Å². The summed E-state index contributed by atoms with van der Waals surface area (Å²) >= 11 is 0. The van der Waals surface area contributed by atoms with Gasteiger partial charge in [0.15, 0.2) is 5.78 Å². The van der Waals surface area contributed by atoms with Gasteiger partial charge < -0.3 is 19.7 Å². The van der Waals surface area contributed by atoms with Gasteiger partial charge in [0.2, 0.25) is 0 Å². The molecule has 0 saturated carbocycles. The standard InChI is InChI=1S/C28H39N3O4/c1-3-4-5-6-7-15-31-16-13-20(24(19-31)27-18-30-28(33)35-27)8-11-26(32)22-12-14-29-25-10-9-21(34-2)17-23(22)25/h9-10,12,14,17,20,24,27H,3-8,11,13,15-16,18-19H2,1-2H3,(H,30,33)/t20-,24+,27?/m1/s1. The molecule has 0 spiro atoms. The van der Waals surface area contributed by atoms with E-state index in [1.807, 2.05) is 24.3 Å². The molecule has 1 N–H and O–H groups in total. The second-order valence-electron chi connectivity index (χ2n) is 9.96. The minimum absolute atomic E-state index is 0.114. The van der Waals surface area contributed by atoms with Gasteiger partial charge in [-0.15, -0.1) is 0 Å². The average Bonchev–Trinajstić information content (AvgIpc) is 3.32. The van der Waals surface area contributed by atoms with Crippen LogP contribution in [0.3, 0.4) is 0 Å². The van der Waals surface area contributed by atoms with Crippen LogP contribution in [0.1, 0.15) is 68.6 Å². The number of fused-ring (bicyclic) bond motifs is 1. The number of ether oxygens (including phenoxy) is 2. The van der Waals surface area contributed by atoms with E-state index in [1.54, 1.807) is 13.3 Å². The largest absolute Gasteiger partial charge is 0.497 e. The predicted molar refractivity (Wildman–Crippen MR) is 137 cm³/mol. The summed E-state index contributed by atoms with van der Waals surface area (Å²) in [5.74, 6) is 1.46. The fourth-order valence-corrected chi connectivity index (χ4v) is 5.61. The highest BCUT2D eigenvalue weighted by Gasteiger charge is 2.39. The Morgan fingerprint density at radius 2 is 2.09 bits per heavy atom. The molecule has 2 aliphatic rings. The molecular weight excluding hydrogens is 442 g/mol. The summed E-state index contributed by atoms with van der Waals surface area (Å²) in [5.41, 5.74) is 1.50. The van der Waals surface area contributed by atoms with Gasteiger partial charge in [0, 0.05) is 36.0 Å². The number of aromatic nitrogens is 1. The Morgan fingerprint density at radius 1 is 1.23 bits per heavy atom. The van der Waals surface area contributed by atoms with E-state index in [4.69, 9.17) is 9.47 Å². The second-order valence-corrected chi connectivity index (χ2v) is 9.96. The van der Waals surface area contributed by atoms with Crippen molar-refractivity contribution in [2.45, 2.75) is 64.4 Å². The SMILES string of the molecule is CCCCCCCN1CC[C@@H](CCC(=O)c2ccnc3ccc(OC)cc23)[C@@H](C2CNC(=O)O2)C1. The van der Waals surface area contributed by atoms with E-state index in [9.17, 15) is 9.59 Å². The molecule has 2 aliphatic heterocycles. The lowest BCUT2D eigenvalue weighted by Crippen LogP contribution is -2.46. The first-order valence-corrected chi connectivity index (χ1v) is 13.2. The molecule has 3 atom stereocenters. The van der Waals surface area contributed by atoms with Crippen LogP contribution in [0, 0.1) is 11.8 Å². The number of hydrogen-bond acceptors (Lipinski definition) is 6. The molecule has 2 saturated heterocycles. The number of ketones is 1. The van der Waals surface area contributed by atoms with Crippen molar-refractivity contribution in [3.8, 4) is 5.75 Å². The molecule has 1 aromatic heterocycles. The maximum absolute atomic E-state index is 13.3. The summed E-state index contributed by atoms with van der Waals surface area (Å²) < 4.78 is 11.0. The normalized spacial score (nSPS) is 22.7. The number of piperidine rings is 1. The Morgan fingerprint density at radius 3 is 2.86 bits per heavy atom. The van der Waals surface area contributed by atoms with Crippen LogP contribution in [-0.2, 0) is 4.74 Å². The van der Waals surface area contributed by atoms with Crippen molar-refractivity contribution in [2.24, 2.45) is 11.8 Å². The fourth-order valence-electron chi connectivity index (χ4n) is 5.61. The van der Waals surface area contributed by atoms with Crippen LogP contribution in [0.5, 0.6) is 5.75 Å². The molecule has 2 fully saturated rings. The smallest absolute Gasteiger partial charge is 0.407 e. The van der Waals surface area contributed by atoms with Gasteiger partial charge in [-0.3, -0.25) is 9.78 Å². The van der Waals surface area contributed by atoms with Gasteiger partial charge in [-0.05, 0) is 62.5 Å². The van der Waals surface area contributed by atoms with Gasteiger partial charge in [0.25, 0.3) is 0 Å². The number of rotatable bonds is 12. The summed E-state index contributed by atoms with van der Waals surface area (Å²) in [6.45, 7) is 5.89. The zero-order valence-electron chi connectivity index (χ0n) is 21.1. The van der Waals surface area contributed by atoms with Crippen molar-refractivity contribution in [3.05, 3.63) is 36.0 Å². The minimum Gasteiger partial charge on any atom is -0.497 e. The molecule has 190 valence electrons. The number of methoxy groups -OCH3 is 1. The monoisotopic (exact) mass is 481 g/mol. The Hall–Kier alpha value is -2.67. The number of likely N-dealkylation sites (tertiary alicyclic amines) is 1. The molecule has 35 heavy (non-hydrogen) atoms. The zero-order chi connectivity index (χ0) is 24.6. The minimum atomic E-state index is -0.321. The van der Waals surface area contributed by atoms with E-state index >= 15 is 0 Å². The van der Waals surface area contributed by atoms with Gasteiger partial charge in [-0.25, -0.2) is 4.79 Å². The number of cyclic esters (lactones) is 1. The molecule has 1 unspecified atom stereocenters. The number of nitrogens with one attached hydrogen (secondary N) is 1. The Balaban J connectivity index is 1.39. The number of Topliss-reactive ketones (excluding diaryl/α,β-unsaturated/α-hetero) is 1. The lowest BCUT2D eigenvalue weighted by molar-refractivity contribution is 0.0209. The molecule has 0 radical (unpaired) electrons. The van der Waals surface area contributed by atoms with Gasteiger partial charge in [0.1, 0.15) is 11.9 Å². The number of carbonyl (C=O) groups is 2. The van der Waals surface area contributed by atoms with Crippen LogP contribution in [0.25, 0.3) is 10.9 Å². The van der Waals surface area contributed by atoms with E-state index < -0.39 is 0 Å². The molecule has 4 rings (SSSR count). The summed E-state index contributed by atoms with van der Waals surface area (Å²) in [4.78, 5) is 32.0. The number of hydrogen-bond donors (Lipinski definition) is 1. The van der Waals surface area contributed by atoms with Crippen molar-refractivity contribution < 1.29 is 19.1 Å². The number of pyridine rings is 1.